The number of methoxy groups -OCH3 is 2. The van der Waals surface area contributed by atoms with Crippen molar-refractivity contribution in [1.29, 1.82) is 0 Å². The first-order chi connectivity index (χ1) is 12.3. The Kier molecular flexibility index (Phi) is 7.31. The molecule has 0 spiro atoms. The molecule has 0 unspecified atom stereocenters. The Hall–Kier alpha value is -1.32. The Morgan fingerprint density at radius 2 is 1.73 bits per heavy atom. The molecule has 0 saturated heterocycles. The van der Waals surface area contributed by atoms with E-state index in [-0.39, 0.29) is 18.0 Å². The average molecular weight is 446 g/mol. The third-order valence-electron chi connectivity index (χ3n) is 3.90. The molecule has 0 aromatic heterocycles. The van der Waals surface area contributed by atoms with Crippen LogP contribution in [-0.2, 0) is 26.0 Å². The van der Waals surface area contributed by atoms with E-state index >= 15 is 0 Å². The van der Waals surface area contributed by atoms with Crippen LogP contribution in [0.2, 0.25) is 0 Å². The van der Waals surface area contributed by atoms with Gasteiger partial charge in [0.25, 0.3) is 0 Å². The van der Waals surface area contributed by atoms with Gasteiger partial charge >= 0.3 is 0 Å². The summed E-state index contributed by atoms with van der Waals surface area (Å²) in [5.41, 5.74) is 1.59. The smallest absolute Gasteiger partial charge is 0.243 e. The van der Waals surface area contributed by atoms with Crippen LogP contribution in [-0.4, -0.2) is 39.8 Å². The fourth-order valence-electron chi connectivity index (χ4n) is 2.36. The maximum Gasteiger partial charge on any atom is 0.243 e. The molecule has 26 heavy (non-hydrogen) atoms. The van der Waals surface area contributed by atoms with Crippen LogP contribution in [0, 0.1) is 12.7 Å². The van der Waals surface area contributed by atoms with Crippen molar-refractivity contribution in [2.75, 3.05) is 20.8 Å². The molecular weight excluding hydrogens is 425 g/mol. The predicted octanol–water partition coefficient (Wildman–Crippen LogP) is 3.71. The van der Waals surface area contributed by atoms with Crippen LogP contribution in [0.15, 0.2) is 51.8 Å². The molecule has 0 amide bonds. The number of sulfonamides is 1. The first-order valence-corrected chi connectivity index (χ1v) is 10.1. The summed E-state index contributed by atoms with van der Waals surface area (Å²) in [6.07, 6.45) is -0.727. The van der Waals surface area contributed by atoms with Crippen LogP contribution in [0.3, 0.4) is 0 Å². The van der Waals surface area contributed by atoms with Gasteiger partial charge in [0.05, 0.1) is 11.4 Å². The number of halogens is 2. The highest BCUT2D eigenvalue weighted by atomic mass is 79.9. The maximum atomic E-state index is 13.3. The Labute approximate surface area is 161 Å². The third kappa shape index (κ3) is 5.11. The van der Waals surface area contributed by atoms with Crippen molar-refractivity contribution in [3.8, 4) is 0 Å². The van der Waals surface area contributed by atoms with E-state index in [1.165, 1.54) is 30.7 Å². The van der Waals surface area contributed by atoms with Crippen LogP contribution in [0.1, 0.15) is 11.1 Å². The number of rotatable bonds is 8. The van der Waals surface area contributed by atoms with Gasteiger partial charge in [-0.15, -0.1) is 0 Å². The van der Waals surface area contributed by atoms with E-state index in [2.05, 4.69) is 15.9 Å². The van der Waals surface area contributed by atoms with Crippen molar-refractivity contribution in [1.82, 2.24) is 4.31 Å². The van der Waals surface area contributed by atoms with E-state index in [0.717, 1.165) is 5.56 Å². The minimum atomic E-state index is -3.80. The molecule has 2 rings (SSSR count). The molecule has 5 nitrogen and oxygen atoms in total. The second kappa shape index (κ2) is 9.05. The van der Waals surface area contributed by atoms with E-state index < -0.39 is 22.1 Å². The second-order valence-corrected chi connectivity index (χ2v) is 8.54. The van der Waals surface area contributed by atoms with Gasteiger partial charge in [0.1, 0.15) is 5.82 Å². The minimum absolute atomic E-state index is 0.00692. The van der Waals surface area contributed by atoms with E-state index in [4.69, 9.17) is 9.47 Å². The second-order valence-electron chi connectivity index (χ2n) is 5.75. The number of ether oxygens (including phenoxy) is 2. The van der Waals surface area contributed by atoms with Gasteiger partial charge in [-0.05, 0) is 36.8 Å². The van der Waals surface area contributed by atoms with Gasteiger partial charge in [0.2, 0.25) is 10.0 Å². The molecule has 0 aliphatic rings. The highest BCUT2D eigenvalue weighted by Crippen LogP contribution is 2.24. The van der Waals surface area contributed by atoms with Crippen molar-refractivity contribution in [2.24, 2.45) is 0 Å². The molecule has 0 atom stereocenters. The number of hydrogen-bond donors (Lipinski definition) is 0. The lowest BCUT2D eigenvalue weighted by atomic mass is 10.2. The summed E-state index contributed by atoms with van der Waals surface area (Å²) >= 11 is 3.28. The SMILES string of the molecule is COC(CN(Cc1ccc(F)cc1Br)S(=O)(=O)c1ccc(C)cc1)OC. The van der Waals surface area contributed by atoms with Crippen LogP contribution in [0.25, 0.3) is 0 Å². The summed E-state index contributed by atoms with van der Waals surface area (Å²) in [4.78, 5) is 0.173. The van der Waals surface area contributed by atoms with Crippen molar-refractivity contribution >= 4 is 26.0 Å². The van der Waals surface area contributed by atoms with Gasteiger partial charge in [-0.1, -0.05) is 39.7 Å². The lowest BCUT2D eigenvalue weighted by molar-refractivity contribution is -0.108. The van der Waals surface area contributed by atoms with Crippen LogP contribution in [0.5, 0.6) is 0 Å². The first kappa shape index (κ1) is 21.0. The molecule has 0 aliphatic heterocycles. The molecule has 2 aromatic rings. The molecule has 0 saturated carbocycles. The summed E-state index contributed by atoms with van der Waals surface area (Å²) in [5, 5.41) is 0. The molecule has 0 fully saturated rings. The van der Waals surface area contributed by atoms with Crippen molar-refractivity contribution in [3.05, 3.63) is 63.9 Å². The zero-order valence-electron chi connectivity index (χ0n) is 14.8. The molecule has 0 radical (unpaired) electrons. The Morgan fingerprint density at radius 1 is 1.12 bits per heavy atom. The number of benzene rings is 2. The molecule has 2 aromatic carbocycles. The molecule has 0 bridgehead atoms. The Bertz CT molecular complexity index is 839. The van der Waals surface area contributed by atoms with Crippen LogP contribution >= 0.6 is 15.9 Å². The summed E-state index contributed by atoms with van der Waals surface area (Å²) in [6, 6.07) is 10.7. The lowest BCUT2D eigenvalue weighted by Gasteiger charge is -2.26. The molecule has 8 heteroatoms. The normalized spacial score (nSPS) is 12.1. The lowest BCUT2D eigenvalue weighted by Crippen LogP contribution is -2.38. The maximum absolute atomic E-state index is 13.3. The van der Waals surface area contributed by atoms with Crippen molar-refractivity contribution < 1.29 is 22.3 Å². The molecule has 0 aliphatic carbocycles. The van der Waals surface area contributed by atoms with Crippen LogP contribution in [0.4, 0.5) is 4.39 Å². The fourth-order valence-corrected chi connectivity index (χ4v) is 4.24. The van der Waals surface area contributed by atoms with E-state index in [9.17, 15) is 12.8 Å². The van der Waals surface area contributed by atoms with Gasteiger partial charge in [0.15, 0.2) is 6.29 Å². The zero-order chi connectivity index (χ0) is 19.3. The number of aryl methyl sites for hydroxylation is 1. The molecular formula is C18H21BrFNO4S. The first-order valence-electron chi connectivity index (χ1n) is 7.84. The minimum Gasteiger partial charge on any atom is -0.354 e. The largest absolute Gasteiger partial charge is 0.354 e. The van der Waals surface area contributed by atoms with Crippen LogP contribution < -0.4 is 0 Å². The average Bonchev–Trinajstić information content (AvgIpc) is 2.60. The Balaban J connectivity index is 2.40. The third-order valence-corrected chi connectivity index (χ3v) is 6.46. The monoisotopic (exact) mass is 445 g/mol. The molecule has 142 valence electrons. The highest BCUT2D eigenvalue weighted by Gasteiger charge is 2.28. The summed E-state index contributed by atoms with van der Waals surface area (Å²) < 4.78 is 51.7. The van der Waals surface area contributed by atoms with Gasteiger partial charge < -0.3 is 9.47 Å². The van der Waals surface area contributed by atoms with Gasteiger partial charge in [-0.2, -0.15) is 4.31 Å². The highest BCUT2D eigenvalue weighted by molar-refractivity contribution is 9.10. The summed E-state index contributed by atoms with van der Waals surface area (Å²) in [6.45, 7) is 1.92. The van der Waals surface area contributed by atoms with Gasteiger partial charge in [-0.25, -0.2) is 12.8 Å². The quantitative estimate of drug-likeness (QED) is 0.581. The number of nitrogens with zero attached hydrogens (tertiary/aromatic N) is 1. The summed E-state index contributed by atoms with van der Waals surface area (Å²) in [5.74, 6) is -0.403. The van der Waals surface area contributed by atoms with E-state index in [1.807, 2.05) is 6.92 Å². The fraction of sp³-hybridized carbons (Fsp3) is 0.333. The standard InChI is InChI=1S/C18H21BrFNO4S/c1-13-4-8-16(9-5-13)26(22,23)21(12-18(24-2)25-3)11-14-6-7-15(20)10-17(14)19/h4-10,18H,11-12H2,1-3H3. The summed E-state index contributed by atoms with van der Waals surface area (Å²) in [7, 11) is -0.913. The van der Waals surface area contributed by atoms with Crippen molar-refractivity contribution in [2.45, 2.75) is 24.7 Å². The van der Waals surface area contributed by atoms with Crippen molar-refractivity contribution in [3.63, 3.8) is 0 Å². The molecule has 0 heterocycles. The van der Waals surface area contributed by atoms with E-state index in [0.29, 0.717) is 10.0 Å². The van der Waals surface area contributed by atoms with Gasteiger partial charge in [0, 0.05) is 25.2 Å². The van der Waals surface area contributed by atoms with E-state index in [1.54, 1.807) is 30.3 Å². The zero-order valence-corrected chi connectivity index (χ0v) is 17.2. The predicted molar refractivity (Wildman–Crippen MR) is 101 cm³/mol. The molecule has 0 N–H and O–H groups in total. The topological polar surface area (TPSA) is 55.8 Å². The number of hydrogen-bond acceptors (Lipinski definition) is 4. The Morgan fingerprint density at radius 3 is 2.27 bits per heavy atom. The van der Waals surface area contributed by atoms with Gasteiger partial charge in [-0.3, -0.25) is 0 Å².